The van der Waals surface area contributed by atoms with Crippen LogP contribution in [0, 0.1) is 5.82 Å². The van der Waals surface area contributed by atoms with Gasteiger partial charge in [-0.2, -0.15) is 5.10 Å². The molecule has 194 valence electrons. The molecule has 1 aliphatic rings. The van der Waals surface area contributed by atoms with E-state index in [0.29, 0.717) is 24.3 Å². The maximum atomic E-state index is 13.8. The van der Waals surface area contributed by atoms with Crippen LogP contribution in [0.25, 0.3) is 22.3 Å². The van der Waals surface area contributed by atoms with Gasteiger partial charge >= 0.3 is 0 Å². The van der Waals surface area contributed by atoms with Crippen molar-refractivity contribution in [3.05, 3.63) is 101 Å². The van der Waals surface area contributed by atoms with E-state index in [1.54, 1.807) is 15.7 Å². The summed E-state index contributed by atoms with van der Waals surface area (Å²) in [5.41, 5.74) is 2.57. The van der Waals surface area contributed by atoms with E-state index in [4.69, 9.17) is 9.84 Å². The minimum Gasteiger partial charge on any atom is -0.372 e. The first kappa shape index (κ1) is 25.6. The van der Waals surface area contributed by atoms with Crippen LogP contribution >= 0.6 is 11.3 Å². The van der Waals surface area contributed by atoms with Gasteiger partial charge in [-0.15, -0.1) is 11.3 Å². The van der Waals surface area contributed by atoms with E-state index < -0.39 is 11.7 Å². The van der Waals surface area contributed by atoms with Crippen LogP contribution < -0.4 is 5.32 Å². The number of rotatable bonds is 6. The highest BCUT2D eigenvalue weighted by molar-refractivity contribution is 7.13. The number of thiophene rings is 1. The van der Waals surface area contributed by atoms with Crippen LogP contribution in [0.2, 0.25) is 0 Å². The topological polar surface area (TPSA) is 76.5 Å². The Morgan fingerprint density at radius 3 is 2.39 bits per heavy atom. The van der Waals surface area contributed by atoms with E-state index in [1.807, 2.05) is 67.9 Å². The zero-order chi connectivity index (χ0) is 26.6. The molecular weight excluding hydrogens is 503 g/mol. The average Bonchev–Trinajstić information content (AvgIpc) is 3.58. The van der Waals surface area contributed by atoms with Gasteiger partial charge in [-0.1, -0.05) is 24.3 Å². The molecule has 0 spiro atoms. The Kier molecular flexibility index (Phi) is 7.48. The molecule has 38 heavy (non-hydrogen) atoms. The van der Waals surface area contributed by atoms with Crippen LogP contribution in [0.4, 0.5) is 4.39 Å². The summed E-state index contributed by atoms with van der Waals surface area (Å²) in [6.07, 6.45) is 3.22. The first-order valence-corrected chi connectivity index (χ1v) is 13.2. The Balaban J connectivity index is 1.57. The first-order chi connectivity index (χ1) is 18.4. The van der Waals surface area contributed by atoms with Gasteiger partial charge in [-0.05, 0) is 67.8 Å². The predicted molar refractivity (Wildman–Crippen MR) is 145 cm³/mol. The van der Waals surface area contributed by atoms with Gasteiger partial charge in [0.25, 0.3) is 11.8 Å². The zero-order valence-electron chi connectivity index (χ0n) is 21.0. The van der Waals surface area contributed by atoms with E-state index in [2.05, 4.69) is 5.32 Å². The number of amides is 2. The molecule has 1 aliphatic heterocycles. The summed E-state index contributed by atoms with van der Waals surface area (Å²) in [4.78, 5) is 29.5. The molecule has 3 heterocycles. The Morgan fingerprint density at radius 2 is 1.74 bits per heavy atom. The van der Waals surface area contributed by atoms with E-state index in [-0.39, 0.29) is 29.4 Å². The fourth-order valence-electron chi connectivity index (χ4n) is 4.43. The van der Waals surface area contributed by atoms with Gasteiger partial charge in [-0.25, -0.2) is 9.07 Å². The van der Waals surface area contributed by atoms with Crippen molar-refractivity contribution in [1.29, 1.82) is 0 Å². The normalized spacial score (nSPS) is 17.9. The lowest BCUT2D eigenvalue weighted by molar-refractivity contribution is -0.139. The number of morpholine rings is 1. The van der Waals surface area contributed by atoms with Crippen molar-refractivity contribution in [2.24, 2.45) is 0 Å². The largest absolute Gasteiger partial charge is 0.372 e. The fourth-order valence-corrected chi connectivity index (χ4v) is 5.16. The van der Waals surface area contributed by atoms with Crippen molar-refractivity contribution in [1.82, 2.24) is 20.0 Å². The Bertz CT molecular complexity index is 1440. The molecule has 0 bridgehead atoms. The number of ether oxygens (including phenoxy) is 1. The number of carbonyl (C=O) groups excluding carboxylic acids is 2. The van der Waals surface area contributed by atoms with Gasteiger partial charge in [0.05, 0.1) is 22.8 Å². The Labute approximate surface area is 224 Å². The molecule has 0 aliphatic carbocycles. The maximum absolute atomic E-state index is 13.8. The third-order valence-corrected chi connectivity index (χ3v) is 6.99. The van der Waals surface area contributed by atoms with Crippen LogP contribution in [0.5, 0.6) is 0 Å². The van der Waals surface area contributed by atoms with E-state index >= 15 is 0 Å². The van der Waals surface area contributed by atoms with Crippen molar-refractivity contribution in [3.63, 3.8) is 0 Å². The number of carbonyl (C=O) groups is 2. The van der Waals surface area contributed by atoms with E-state index in [1.165, 1.54) is 35.6 Å². The summed E-state index contributed by atoms with van der Waals surface area (Å²) in [7, 11) is 0. The Morgan fingerprint density at radius 1 is 1.03 bits per heavy atom. The lowest BCUT2D eigenvalue weighted by Gasteiger charge is -2.35. The Hall–Kier alpha value is -4.08. The third kappa shape index (κ3) is 5.74. The van der Waals surface area contributed by atoms with E-state index in [9.17, 15) is 14.0 Å². The van der Waals surface area contributed by atoms with Crippen LogP contribution in [0.3, 0.4) is 0 Å². The summed E-state index contributed by atoms with van der Waals surface area (Å²) in [5.74, 6) is -1.28. The number of hydrogen-bond acceptors (Lipinski definition) is 5. The maximum Gasteiger partial charge on any atom is 0.270 e. The smallest absolute Gasteiger partial charge is 0.270 e. The van der Waals surface area contributed by atoms with E-state index in [0.717, 1.165) is 10.6 Å². The molecule has 7 nitrogen and oxygen atoms in total. The summed E-state index contributed by atoms with van der Waals surface area (Å²) >= 11 is 1.54. The second kappa shape index (κ2) is 11.1. The number of para-hydroxylation sites is 1. The molecule has 2 atom stereocenters. The minimum absolute atomic E-state index is 0.103. The molecule has 1 saturated heterocycles. The summed E-state index contributed by atoms with van der Waals surface area (Å²) < 4.78 is 21.0. The van der Waals surface area contributed by atoms with Gasteiger partial charge in [0, 0.05) is 30.4 Å². The minimum atomic E-state index is -0.507. The molecule has 0 radical (unpaired) electrons. The summed E-state index contributed by atoms with van der Waals surface area (Å²) in [5, 5.41) is 9.55. The number of nitrogens with one attached hydrogen (secondary N) is 1. The monoisotopic (exact) mass is 530 g/mol. The lowest BCUT2D eigenvalue weighted by atomic mass is 10.1. The molecule has 2 aromatic heterocycles. The SMILES string of the molecule is CC1CN(C(=O)C(=Cc2cn(-c3ccccc3)nc2-c2cccs2)NC(=O)c2ccc(F)cc2)CC(C)O1. The van der Waals surface area contributed by atoms with Crippen molar-refractivity contribution < 1.29 is 18.7 Å². The number of nitrogens with zero attached hydrogens (tertiary/aromatic N) is 3. The van der Waals surface area contributed by atoms with Crippen molar-refractivity contribution in [2.75, 3.05) is 13.1 Å². The molecule has 1 N–H and O–H groups in total. The molecule has 5 rings (SSSR count). The van der Waals surface area contributed by atoms with Crippen molar-refractivity contribution >= 4 is 29.2 Å². The summed E-state index contributed by atoms with van der Waals surface area (Å²) in [6.45, 7) is 4.62. The lowest BCUT2D eigenvalue weighted by Crippen LogP contribution is -2.50. The van der Waals surface area contributed by atoms with Crippen LogP contribution in [0.15, 0.2) is 84.0 Å². The van der Waals surface area contributed by atoms with Gasteiger partial charge in [-0.3, -0.25) is 9.59 Å². The zero-order valence-corrected chi connectivity index (χ0v) is 21.8. The van der Waals surface area contributed by atoms with Crippen LogP contribution in [-0.4, -0.2) is 51.8 Å². The highest BCUT2D eigenvalue weighted by Crippen LogP contribution is 2.29. The fraction of sp³-hybridized carbons (Fsp3) is 0.207. The first-order valence-electron chi connectivity index (χ1n) is 12.3. The van der Waals surface area contributed by atoms with Crippen molar-refractivity contribution in [3.8, 4) is 16.3 Å². The van der Waals surface area contributed by atoms with Crippen LogP contribution in [-0.2, 0) is 9.53 Å². The number of benzene rings is 2. The molecule has 1 fully saturated rings. The number of hydrogen-bond donors (Lipinski definition) is 1. The average molecular weight is 531 g/mol. The number of halogens is 1. The van der Waals surface area contributed by atoms with Gasteiger partial charge < -0.3 is 15.0 Å². The quantitative estimate of drug-likeness (QED) is 0.350. The molecular formula is C29H27FN4O3S. The number of aromatic nitrogens is 2. The van der Waals surface area contributed by atoms with Crippen molar-refractivity contribution in [2.45, 2.75) is 26.1 Å². The van der Waals surface area contributed by atoms with Gasteiger partial charge in [0.2, 0.25) is 0 Å². The molecule has 2 unspecified atom stereocenters. The highest BCUT2D eigenvalue weighted by atomic mass is 32.1. The van der Waals surface area contributed by atoms with Crippen LogP contribution in [0.1, 0.15) is 29.8 Å². The standard InChI is InChI=1S/C29H27FN4O3S/c1-19-16-33(17-20(2)37-19)29(36)25(31-28(35)21-10-12-23(30)13-11-21)15-22-18-34(24-7-4-3-5-8-24)32-27(22)26-9-6-14-38-26/h3-15,18-20H,16-17H2,1-2H3,(H,31,35). The molecule has 4 aromatic rings. The predicted octanol–water partition coefficient (Wildman–Crippen LogP) is 5.15. The molecule has 0 saturated carbocycles. The summed E-state index contributed by atoms with van der Waals surface area (Å²) in [6, 6.07) is 18.8. The molecule has 2 aromatic carbocycles. The molecule has 9 heteroatoms. The molecule has 2 amide bonds. The van der Waals surface area contributed by atoms with Gasteiger partial charge in [0.1, 0.15) is 17.2 Å². The highest BCUT2D eigenvalue weighted by Gasteiger charge is 2.29. The second-order valence-corrected chi connectivity index (χ2v) is 10.1. The van der Waals surface area contributed by atoms with Gasteiger partial charge in [0.15, 0.2) is 0 Å². The third-order valence-electron chi connectivity index (χ3n) is 6.11. The second-order valence-electron chi connectivity index (χ2n) is 9.18.